The fourth-order valence-electron chi connectivity index (χ4n) is 2.51. The molecule has 0 radical (unpaired) electrons. The Kier molecular flexibility index (Phi) is 15.9. The van der Waals surface area contributed by atoms with Gasteiger partial charge in [0.05, 0.1) is 13.2 Å². The molecule has 1 fully saturated rings. The number of carbonyl (C=O) groups excluding carboxylic acids is 1. The zero-order valence-electron chi connectivity index (χ0n) is 17.3. The molecule has 0 aromatic heterocycles. The molecule has 1 heterocycles. The molecule has 0 aliphatic carbocycles. The Balaban J connectivity index is 1.93. The molecule has 4 heteroatoms. The van der Waals surface area contributed by atoms with Gasteiger partial charge < -0.3 is 14.2 Å². The van der Waals surface area contributed by atoms with E-state index in [2.05, 4.69) is 67.7 Å². The van der Waals surface area contributed by atoms with Gasteiger partial charge in [-0.1, -0.05) is 67.7 Å². The Morgan fingerprint density at radius 2 is 1.32 bits per heavy atom. The summed E-state index contributed by atoms with van der Waals surface area (Å²) in [4.78, 5) is 11.7. The Morgan fingerprint density at radius 3 is 1.86 bits per heavy atom. The highest BCUT2D eigenvalue weighted by Gasteiger charge is 2.18. The number of hydrogen-bond donors (Lipinski definition) is 0. The number of rotatable bonds is 14. The molecule has 0 bridgehead atoms. The average molecular weight is 389 g/mol. The molecule has 0 aromatic carbocycles. The summed E-state index contributed by atoms with van der Waals surface area (Å²) in [5.41, 5.74) is 0. The molecule has 156 valence electrons. The van der Waals surface area contributed by atoms with E-state index in [0.29, 0.717) is 19.6 Å². The first-order valence-corrected chi connectivity index (χ1v) is 10.4. The third-order valence-electron chi connectivity index (χ3n) is 3.98. The molecule has 0 unspecified atom stereocenters. The third kappa shape index (κ3) is 15.2. The van der Waals surface area contributed by atoms with E-state index in [-0.39, 0.29) is 18.9 Å². The van der Waals surface area contributed by atoms with Gasteiger partial charge in [0.25, 0.3) is 0 Å². The predicted octanol–water partition coefficient (Wildman–Crippen LogP) is 5.82. The third-order valence-corrected chi connectivity index (χ3v) is 3.98. The highest BCUT2D eigenvalue weighted by atomic mass is 16.7. The van der Waals surface area contributed by atoms with Gasteiger partial charge in [0, 0.05) is 6.42 Å². The first kappa shape index (κ1) is 24.1. The van der Waals surface area contributed by atoms with Crippen LogP contribution in [0.5, 0.6) is 0 Å². The fourth-order valence-corrected chi connectivity index (χ4v) is 2.51. The van der Waals surface area contributed by atoms with E-state index in [9.17, 15) is 4.79 Å². The summed E-state index contributed by atoms with van der Waals surface area (Å²) >= 11 is 0. The maximum atomic E-state index is 11.7. The van der Waals surface area contributed by atoms with Crippen molar-refractivity contribution in [2.45, 2.75) is 64.4 Å². The van der Waals surface area contributed by atoms with Gasteiger partial charge in [-0.15, -0.1) is 0 Å². The monoisotopic (exact) mass is 388 g/mol. The van der Waals surface area contributed by atoms with E-state index in [1.165, 1.54) is 0 Å². The normalized spacial score (nSPS) is 16.5. The van der Waals surface area contributed by atoms with Crippen molar-refractivity contribution in [3.05, 3.63) is 60.8 Å². The lowest BCUT2D eigenvalue weighted by Gasteiger charge is -2.22. The van der Waals surface area contributed by atoms with Crippen molar-refractivity contribution in [3.8, 4) is 0 Å². The van der Waals surface area contributed by atoms with Crippen molar-refractivity contribution < 1.29 is 19.0 Å². The number of hydrogen-bond acceptors (Lipinski definition) is 4. The van der Waals surface area contributed by atoms with Crippen LogP contribution in [0.15, 0.2) is 60.8 Å². The van der Waals surface area contributed by atoms with Gasteiger partial charge >= 0.3 is 5.97 Å². The fraction of sp³-hybridized carbons (Fsp3) is 0.542. The van der Waals surface area contributed by atoms with Crippen LogP contribution in [0.1, 0.15) is 58.3 Å². The smallest absolute Gasteiger partial charge is 0.306 e. The van der Waals surface area contributed by atoms with Crippen LogP contribution < -0.4 is 0 Å². The van der Waals surface area contributed by atoms with Crippen LogP contribution in [-0.2, 0) is 19.0 Å². The lowest BCUT2D eigenvalue weighted by molar-refractivity contribution is -0.183. The van der Waals surface area contributed by atoms with Gasteiger partial charge in [0.1, 0.15) is 12.9 Å². The van der Waals surface area contributed by atoms with E-state index in [0.717, 1.165) is 44.9 Å². The molecule has 0 atom stereocenters. The highest BCUT2D eigenvalue weighted by molar-refractivity contribution is 5.69. The lowest BCUT2D eigenvalue weighted by Crippen LogP contribution is -2.33. The van der Waals surface area contributed by atoms with Gasteiger partial charge in [-0.3, -0.25) is 4.79 Å². The molecule has 0 N–H and O–H groups in total. The number of allylic oxidation sites excluding steroid dienone is 10. The summed E-state index contributed by atoms with van der Waals surface area (Å²) in [6, 6.07) is 0. The lowest BCUT2D eigenvalue weighted by atomic mass is 10.2. The minimum absolute atomic E-state index is 0.175. The summed E-state index contributed by atoms with van der Waals surface area (Å²) < 4.78 is 15.5. The van der Waals surface area contributed by atoms with Crippen molar-refractivity contribution in [2.75, 3.05) is 20.0 Å². The zero-order valence-corrected chi connectivity index (χ0v) is 17.3. The van der Waals surface area contributed by atoms with E-state index in [1.54, 1.807) is 0 Å². The zero-order chi connectivity index (χ0) is 20.1. The van der Waals surface area contributed by atoms with Crippen LogP contribution >= 0.6 is 0 Å². The number of carbonyl (C=O) groups is 1. The molecule has 0 spiro atoms. The second kappa shape index (κ2) is 18.5. The predicted molar refractivity (Wildman–Crippen MR) is 115 cm³/mol. The summed E-state index contributed by atoms with van der Waals surface area (Å²) in [6.45, 7) is 3.30. The van der Waals surface area contributed by atoms with E-state index in [4.69, 9.17) is 14.2 Å². The number of unbranched alkanes of at least 4 members (excludes halogenated alkanes) is 1. The first-order valence-electron chi connectivity index (χ1n) is 10.4. The quantitative estimate of drug-likeness (QED) is 0.213. The van der Waals surface area contributed by atoms with E-state index >= 15 is 0 Å². The summed E-state index contributed by atoms with van der Waals surface area (Å²) in [6.07, 6.45) is 28.7. The molecular weight excluding hydrogens is 352 g/mol. The van der Waals surface area contributed by atoms with Crippen molar-refractivity contribution in [2.24, 2.45) is 0 Å². The van der Waals surface area contributed by atoms with E-state index in [1.807, 2.05) is 0 Å². The molecular formula is C24H36O4. The Bertz CT molecular complexity index is 523. The molecule has 0 amide bonds. The van der Waals surface area contributed by atoms with Gasteiger partial charge in [-0.25, -0.2) is 0 Å². The molecule has 28 heavy (non-hydrogen) atoms. The maximum absolute atomic E-state index is 11.7. The van der Waals surface area contributed by atoms with Crippen LogP contribution in [0.2, 0.25) is 0 Å². The molecule has 1 saturated heterocycles. The van der Waals surface area contributed by atoms with Crippen molar-refractivity contribution in [1.82, 2.24) is 0 Å². The van der Waals surface area contributed by atoms with Crippen LogP contribution in [0.25, 0.3) is 0 Å². The molecule has 4 nitrogen and oxygen atoms in total. The number of esters is 1. The SMILES string of the molecule is CC/C=C\C/C=C\C/C=C\C/C=C\C/C=C\CCCC(=O)OC1COCOC1. The topological polar surface area (TPSA) is 44.8 Å². The minimum Gasteiger partial charge on any atom is -0.457 e. The van der Waals surface area contributed by atoms with Crippen LogP contribution in [0, 0.1) is 0 Å². The van der Waals surface area contributed by atoms with Crippen LogP contribution in [-0.4, -0.2) is 32.1 Å². The van der Waals surface area contributed by atoms with Gasteiger partial charge in [-0.2, -0.15) is 0 Å². The van der Waals surface area contributed by atoms with Crippen molar-refractivity contribution >= 4 is 5.97 Å². The second-order valence-corrected chi connectivity index (χ2v) is 6.57. The molecule has 0 aromatic rings. The van der Waals surface area contributed by atoms with Gasteiger partial charge in [-0.05, 0) is 44.9 Å². The second-order valence-electron chi connectivity index (χ2n) is 6.57. The van der Waals surface area contributed by atoms with Crippen molar-refractivity contribution in [3.63, 3.8) is 0 Å². The van der Waals surface area contributed by atoms with Gasteiger partial charge in [0.2, 0.25) is 0 Å². The Morgan fingerprint density at radius 1 is 0.821 bits per heavy atom. The summed E-state index contributed by atoms with van der Waals surface area (Å²) in [7, 11) is 0. The standard InChI is InChI=1S/C24H36O4/c1-2-3-4-5-6-7-8-9-10-11-12-13-14-15-16-17-18-19-24(25)28-23-20-26-22-27-21-23/h3-4,6-7,9-10,12-13,15-16,23H,2,5,8,11,14,17-22H2,1H3/b4-3-,7-6-,10-9-,13-12-,16-15-. The molecule has 1 aliphatic heterocycles. The molecule has 0 saturated carbocycles. The highest BCUT2D eigenvalue weighted by Crippen LogP contribution is 2.06. The summed E-state index contributed by atoms with van der Waals surface area (Å²) in [5.74, 6) is -0.175. The largest absolute Gasteiger partial charge is 0.457 e. The average Bonchev–Trinajstić information content (AvgIpc) is 2.71. The Labute approximate surface area is 170 Å². The Hall–Kier alpha value is -1.91. The first-order chi connectivity index (χ1) is 13.8. The van der Waals surface area contributed by atoms with E-state index < -0.39 is 0 Å². The van der Waals surface area contributed by atoms with Crippen molar-refractivity contribution in [1.29, 1.82) is 0 Å². The van der Waals surface area contributed by atoms with Gasteiger partial charge in [0.15, 0.2) is 0 Å². The molecule has 1 aliphatic rings. The van der Waals surface area contributed by atoms with Crippen LogP contribution in [0.4, 0.5) is 0 Å². The summed E-state index contributed by atoms with van der Waals surface area (Å²) in [5, 5.41) is 0. The molecule has 1 rings (SSSR count). The minimum atomic E-state index is -0.255. The number of ether oxygens (including phenoxy) is 3. The maximum Gasteiger partial charge on any atom is 0.306 e. The van der Waals surface area contributed by atoms with Crippen LogP contribution in [0.3, 0.4) is 0 Å².